The average Bonchev–Trinajstić information content (AvgIpc) is 2.76. The molecule has 0 fully saturated rings. The van der Waals surface area contributed by atoms with Crippen molar-refractivity contribution in [3.05, 3.63) is 93.9 Å². The minimum atomic E-state index is 0.316. The van der Waals surface area contributed by atoms with Crippen LogP contribution >= 0.6 is 104 Å². The molecule has 10 heteroatoms. The third-order valence-corrected chi connectivity index (χ3v) is 7.88. The first-order chi connectivity index (χ1) is 15.6. The number of hydrogen-bond donors (Lipinski definition) is 0. The Bertz CT molecular complexity index is 1420. The van der Waals surface area contributed by atoms with Crippen molar-refractivity contribution in [2.24, 2.45) is 0 Å². The Morgan fingerprint density at radius 1 is 0.364 bits per heavy atom. The zero-order valence-corrected chi connectivity index (χ0v) is 22.8. The van der Waals surface area contributed by atoms with Gasteiger partial charge in [0, 0.05) is 34.0 Å². The van der Waals surface area contributed by atoms with Gasteiger partial charge in [-0.25, -0.2) is 0 Å². The zero-order valence-electron chi connectivity index (χ0n) is 16.0. The number of nitrogens with zero attached hydrogens (tertiary/aromatic N) is 1. The fourth-order valence-corrected chi connectivity index (χ4v) is 5.15. The average molecular weight is 617 g/mol. The van der Waals surface area contributed by atoms with E-state index in [1.807, 2.05) is 6.07 Å². The Morgan fingerprint density at radius 3 is 1.30 bits per heavy atom. The molecule has 1 nitrogen and oxygen atoms in total. The highest BCUT2D eigenvalue weighted by molar-refractivity contribution is 6.45. The zero-order chi connectivity index (χ0) is 24.0. The van der Waals surface area contributed by atoms with E-state index in [4.69, 9.17) is 104 Å². The molecule has 0 bridgehead atoms. The second-order valence-electron chi connectivity index (χ2n) is 6.86. The van der Waals surface area contributed by atoms with Gasteiger partial charge in [-0.15, -0.1) is 0 Å². The Kier molecular flexibility index (Phi) is 7.88. The molecular weight excluding hydrogens is 609 g/mol. The maximum absolute atomic E-state index is 6.55. The molecule has 0 spiro atoms. The smallest absolute Gasteiger partial charge is 0.0796 e. The summed E-state index contributed by atoms with van der Waals surface area (Å²) in [5, 5.41) is 3.08. The summed E-state index contributed by atoms with van der Waals surface area (Å²) in [5.41, 5.74) is 3.53. The summed E-state index contributed by atoms with van der Waals surface area (Å²) >= 11 is 56.6. The largest absolute Gasteiger partial charge is 0.255 e. The highest BCUT2D eigenvalue weighted by Gasteiger charge is 2.20. The van der Waals surface area contributed by atoms with Crippen molar-refractivity contribution in [2.45, 2.75) is 0 Å². The molecule has 33 heavy (non-hydrogen) atoms. The molecule has 0 aliphatic carbocycles. The minimum absolute atomic E-state index is 0.316. The standard InChI is InChI=1S/C23H8Cl9N/c24-14-5-20(30)17(27)2-10(14)9-1-12(11-3-18(28)21(31)6-15(11)25)23(33-8-9)13-4-19(29)22(32)7-16(13)26/h1-8H. The Balaban J connectivity index is 2.04. The molecule has 0 atom stereocenters. The van der Waals surface area contributed by atoms with Gasteiger partial charge in [0.25, 0.3) is 0 Å². The van der Waals surface area contributed by atoms with E-state index in [2.05, 4.69) is 4.98 Å². The monoisotopic (exact) mass is 613 g/mol. The molecule has 0 unspecified atom stereocenters. The van der Waals surface area contributed by atoms with Crippen LogP contribution in [0.5, 0.6) is 0 Å². The summed E-state index contributed by atoms with van der Waals surface area (Å²) in [6, 6.07) is 11.5. The van der Waals surface area contributed by atoms with Crippen LogP contribution in [0, 0.1) is 0 Å². The van der Waals surface area contributed by atoms with Crippen LogP contribution in [0.3, 0.4) is 0 Å². The van der Waals surface area contributed by atoms with E-state index < -0.39 is 0 Å². The summed E-state index contributed by atoms with van der Waals surface area (Å²) in [6.07, 6.45) is 1.63. The van der Waals surface area contributed by atoms with Crippen molar-refractivity contribution in [3.8, 4) is 33.5 Å². The summed E-state index contributed by atoms with van der Waals surface area (Å²) in [6.45, 7) is 0. The second-order valence-corrected chi connectivity index (χ2v) is 10.5. The van der Waals surface area contributed by atoms with Crippen LogP contribution in [0.2, 0.25) is 45.2 Å². The molecule has 0 amide bonds. The summed E-state index contributed by atoms with van der Waals surface area (Å²) in [5.74, 6) is 0. The van der Waals surface area contributed by atoms with Crippen LogP contribution in [0.1, 0.15) is 0 Å². The highest BCUT2D eigenvalue weighted by atomic mass is 35.5. The first-order valence-corrected chi connectivity index (χ1v) is 12.4. The molecule has 0 N–H and O–H groups in total. The number of benzene rings is 3. The van der Waals surface area contributed by atoms with Crippen molar-refractivity contribution in [1.82, 2.24) is 4.98 Å². The molecule has 0 aliphatic heterocycles. The number of rotatable bonds is 3. The van der Waals surface area contributed by atoms with Crippen molar-refractivity contribution in [3.63, 3.8) is 0 Å². The summed E-state index contributed by atoms with van der Waals surface area (Å²) in [7, 11) is 0. The lowest BCUT2D eigenvalue weighted by molar-refractivity contribution is 1.32. The number of pyridine rings is 1. The van der Waals surface area contributed by atoms with Gasteiger partial charge in [-0.2, -0.15) is 0 Å². The van der Waals surface area contributed by atoms with Gasteiger partial charge in [0.2, 0.25) is 0 Å². The van der Waals surface area contributed by atoms with E-state index in [9.17, 15) is 0 Å². The molecule has 1 aromatic heterocycles. The molecule has 0 aliphatic rings. The van der Waals surface area contributed by atoms with Crippen LogP contribution in [-0.4, -0.2) is 4.98 Å². The van der Waals surface area contributed by atoms with E-state index in [0.717, 1.165) is 0 Å². The van der Waals surface area contributed by atoms with Gasteiger partial charge < -0.3 is 0 Å². The van der Waals surface area contributed by atoms with Crippen LogP contribution in [0.15, 0.2) is 48.7 Å². The Morgan fingerprint density at radius 2 is 0.758 bits per heavy atom. The van der Waals surface area contributed by atoms with Crippen LogP contribution in [-0.2, 0) is 0 Å². The molecule has 168 valence electrons. The quantitative estimate of drug-likeness (QED) is 0.209. The van der Waals surface area contributed by atoms with Gasteiger partial charge in [-0.1, -0.05) is 104 Å². The lowest BCUT2D eigenvalue weighted by Gasteiger charge is -2.16. The van der Waals surface area contributed by atoms with Crippen molar-refractivity contribution in [1.29, 1.82) is 0 Å². The first kappa shape index (κ1) is 25.5. The predicted octanol–water partition coefficient (Wildman–Crippen LogP) is 12.0. The predicted molar refractivity (Wildman–Crippen MR) is 146 cm³/mol. The Labute approximate surface area is 235 Å². The van der Waals surface area contributed by atoms with Gasteiger partial charge in [-0.05, 0) is 42.5 Å². The maximum Gasteiger partial charge on any atom is 0.0796 e. The van der Waals surface area contributed by atoms with Crippen molar-refractivity contribution in [2.75, 3.05) is 0 Å². The number of aromatic nitrogens is 1. The van der Waals surface area contributed by atoms with Crippen LogP contribution in [0.25, 0.3) is 33.5 Å². The van der Waals surface area contributed by atoms with Crippen molar-refractivity contribution >= 4 is 104 Å². The molecule has 1 heterocycles. The molecular formula is C23H8Cl9N. The maximum atomic E-state index is 6.55. The van der Waals surface area contributed by atoms with Gasteiger partial charge in [-0.3, -0.25) is 4.98 Å². The van der Waals surface area contributed by atoms with E-state index in [1.165, 1.54) is 0 Å². The normalized spacial score (nSPS) is 11.2. The molecule has 4 aromatic rings. The highest BCUT2D eigenvalue weighted by Crippen LogP contribution is 2.44. The van der Waals surface area contributed by atoms with E-state index in [-0.39, 0.29) is 0 Å². The van der Waals surface area contributed by atoms with Gasteiger partial charge in [0.15, 0.2) is 0 Å². The molecule has 4 rings (SSSR count). The SMILES string of the molecule is Clc1cc(Cl)c(-c2cnc(-c3cc(Cl)c(Cl)cc3Cl)c(-c3cc(Cl)c(Cl)cc3Cl)c2)cc1Cl. The van der Waals surface area contributed by atoms with Gasteiger partial charge in [0.1, 0.15) is 0 Å². The van der Waals surface area contributed by atoms with Gasteiger partial charge in [0.05, 0.1) is 50.9 Å². The third kappa shape index (κ3) is 5.19. The van der Waals surface area contributed by atoms with Crippen LogP contribution in [0.4, 0.5) is 0 Å². The van der Waals surface area contributed by atoms with E-state index >= 15 is 0 Å². The van der Waals surface area contributed by atoms with Crippen molar-refractivity contribution < 1.29 is 0 Å². The lowest BCUT2D eigenvalue weighted by Crippen LogP contribution is -1.94. The lowest BCUT2D eigenvalue weighted by atomic mass is 9.95. The topological polar surface area (TPSA) is 12.9 Å². The molecule has 0 saturated heterocycles. The molecule has 3 aromatic carbocycles. The van der Waals surface area contributed by atoms with E-state index in [1.54, 1.807) is 42.6 Å². The molecule has 0 saturated carbocycles. The fourth-order valence-electron chi connectivity index (χ4n) is 3.21. The second kappa shape index (κ2) is 10.2. The van der Waals surface area contributed by atoms with E-state index in [0.29, 0.717) is 78.7 Å². The number of hydrogen-bond acceptors (Lipinski definition) is 1. The molecule has 0 radical (unpaired) electrons. The summed E-state index contributed by atoms with van der Waals surface area (Å²) < 4.78 is 0. The summed E-state index contributed by atoms with van der Waals surface area (Å²) in [4.78, 5) is 4.66. The fraction of sp³-hybridized carbons (Fsp3) is 0. The van der Waals surface area contributed by atoms with Crippen LogP contribution < -0.4 is 0 Å². The number of halogens is 9. The minimum Gasteiger partial charge on any atom is -0.255 e. The third-order valence-electron chi connectivity index (χ3n) is 4.77. The Hall–Kier alpha value is -0.580. The first-order valence-electron chi connectivity index (χ1n) is 9.01. The van der Waals surface area contributed by atoms with Gasteiger partial charge >= 0.3 is 0 Å².